The Hall–Kier alpha value is -6.85. The Morgan fingerprint density at radius 3 is 1.94 bits per heavy atom. The maximum Gasteiger partial charge on any atom is 0.164 e. The molecule has 5 nitrogen and oxygen atoms in total. The molecule has 0 aliphatic heterocycles. The molecule has 0 bridgehead atoms. The van der Waals surface area contributed by atoms with Crippen LogP contribution in [-0.2, 0) is 5.41 Å². The van der Waals surface area contributed by atoms with E-state index in [-0.39, 0.29) is 5.41 Å². The molecule has 11 rings (SSSR count). The third kappa shape index (κ3) is 4.34. The van der Waals surface area contributed by atoms with Crippen LogP contribution in [0.3, 0.4) is 0 Å². The molecule has 7 aromatic carbocycles. The first-order valence-corrected chi connectivity index (χ1v) is 18.0. The highest BCUT2D eigenvalue weighted by Gasteiger charge is 2.37. The molecule has 1 aliphatic carbocycles. The fourth-order valence-corrected chi connectivity index (χ4v) is 8.57. The lowest BCUT2D eigenvalue weighted by molar-refractivity contribution is 0.661. The number of para-hydroxylation sites is 2. The van der Waals surface area contributed by atoms with Crippen LogP contribution in [0.2, 0.25) is 0 Å². The van der Waals surface area contributed by atoms with Crippen molar-refractivity contribution in [3.8, 4) is 51.0 Å². The molecule has 0 fully saturated rings. The number of fused-ring (bicyclic) bond motifs is 10. The molecule has 0 saturated carbocycles. The number of benzene rings is 7. The molecule has 250 valence electrons. The topological polar surface area (TPSA) is 56.7 Å². The Bertz CT molecular complexity index is 3080. The fourth-order valence-electron chi connectivity index (χ4n) is 8.57. The summed E-state index contributed by atoms with van der Waals surface area (Å²) < 4.78 is 8.67. The van der Waals surface area contributed by atoms with Crippen LogP contribution >= 0.6 is 0 Å². The van der Waals surface area contributed by atoms with Gasteiger partial charge in [-0.3, -0.25) is 0 Å². The molecule has 0 saturated heterocycles. The van der Waals surface area contributed by atoms with Crippen LogP contribution in [0.5, 0.6) is 0 Å². The van der Waals surface area contributed by atoms with Gasteiger partial charge in [0.2, 0.25) is 0 Å². The average Bonchev–Trinajstić information content (AvgIpc) is 3.84. The normalized spacial score (nSPS) is 13.2. The van der Waals surface area contributed by atoms with E-state index in [4.69, 9.17) is 19.4 Å². The Balaban J connectivity index is 1.11. The smallest absolute Gasteiger partial charge is 0.164 e. The Morgan fingerprint density at radius 2 is 1.11 bits per heavy atom. The maximum atomic E-state index is 6.24. The highest BCUT2D eigenvalue weighted by atomic mass is 16.3. The largest absolute Gasteiger partial charge is 0.456 e. The lowest BCUT2D eigenvalue weighted by Gasteiger charge is -2.21. The molecular weight excluding hydrogens is 649 g/mol. The molecule has 0 unspecified atom stereocenters. The van der Waals surface area contributed by atoms with Crippen molar-refractivity contribution in [2.45, 2.75) is 19.3 Å². The number of hydrogen-bond donors (Lipinski definition) is 0. The van der Waals surface area contributed by atoms with Crippen molar-refractivity contribution in [1.29, 1.82) is 0 Å². The zero-order valence-electron chi connectivity index (χ0n) is 29.2. The Labute approximate surface area is 305 Å². The van der Waals surface area contributed by atoms with Gasteiger partial charge in [0, 0.05) is 54.9 Å². The number of rotatable bonds is 4. The van der Waals surface area contributed by atoms with Gasteiger partial charge in [-0.15, -0.1) is 0 Å². The van der Waals surface area contributed by atoms with Gasteiger partial charge in [0.05, 0.1) is 11.0 Å². The molecule has 1 aliphatic rings. The zero-order valence-corrected chi connectivity index (χ0v) is 29.2. The van der Waals surface area contributed by atoms with Crippen LogP contribution < -0.4 is 0 Å². The molecule has 0 N–H and O–H groups in total. The summed E-state index contributed by atoms with van der Waals surface area (Å²) in [7, 11) is 0. The Kier molecular flexibility index (Phi) is 6.23. The minimum atomic E-state index is -0.0921. The second-order valence-electron chi connectivity index (χ2n) is 14.4. The first kappa shape index (κ1) is 29.8. The first-order valence-electron chi connectivity index (χ1n) is 18.0. The first-order chi connectivity index (χ1) is 26.0. The van der Waals surface area contributed by atoms with Crippen molar-refractivity contribution in [3.63, 3.8) is 0 Å². The van der Waals surface area contributed by atoms with Crippen LogP contribution in [0.15, 0.2) is 162 Å². The predicted molar refractivity (Wildman–Crippen MR) is 215 cm³/mol. The third-order valence-electron chi connectivity index (χ3n) is 11.1. The van der Waals surface area contributed by atoms with Crippen LogP contribution in [0, 0.1) is 0 Å². The zero-order chi connectivity index (χ0) is 35.3. The van der Waals surface area contributed by atoms with Gasteiger partial charge in [-0.2, -0.15) is 0 Å². The number of hydrogen-bond acceptors (Lipinski definition) is 4. The molecule has 0 radical (unpaired) electrons. The van der Waals surface area contributed by atoms with Gasteiger partial charge >= 0.3 is 0 Å². The van der Waals surface area contributed by atoms with Gasteiger partial charge in [-0.1, -0.05) is 129 Å². The van der Waals surface area contributed by atoms with Crippen LogP contribution in [-0.4, -0.2) is 19.5 Å². The maximum absolute atomic E-state index is 6.24. The lowest BCUT2D eigenvalue weighted by atomic mass is 9.82. The van der Waals surface area contributed by atoms with Gasteiger partial charge in [0.25, 0.3) is 0 Å². The van der Waals surface area contributed by atoms with Gasteiger partial charge in [0.15, 0.2) is 17.5 Å². The van der Waals surface area contributed by atoms with Crippen molar-refractivity contribution in [3.05, 3.63) is 169 Å². The summed E-state index contributed by atoms with van der Waals surface area (Å²) >= 11 is 0. The summed E-state index contributed by atoms with van der Waals surface area (Å²) in [6.45, 7) is 4.68. The summed E-state index contributed by atoms with van der Waals surface area (Å²) in [6.07, 6.45) is 0. The summed E-state index contributed by atoms with van der Waals surface area (Å²) in [5.41, 5.74) is 13.2. The van der Waals surface area contributed by atoms with Gasteiger partial charge in [-0.05, 0) is 59.2 Å². The molecule has 3 aromatic heterocycles. The van der Waals surface area contributed by atoms with E-state index in [2.05, 4.69) is 115 Å². The molecule has 3 heterocycles. The Morgan fingerprint density at radius 1 is 0.472 bits per heavy atom. The van der Waals surface area contributed by atoms with Gasteiger partial charge < -0.3 is 8.98 Å². The minimum Gasteiger partial charge on any atom is -0.456 e. The molecule has 53 heavy (non-hydrogen) atoms. The predicted octanol–water partition coefficient (Wildman–Crippen LogP) is 12.2. The summed E-state index contributed by atoms with van der Waals surface area (Å²) in [5, 5.41) is 4.53. The molecule has 0 spiro atoms. The second kappa shape index (κ2) is 11.1. The summed E-state index contributed by atoms with van der Waals surface area (Å²) in [4.78, 5) is 15.3. The number of aromatic nitrogens is 4. The van der Waals surface area contributed by atoms with Crippen molar-refractivity contribution in [2.75, 3.05) is 0 Å². The lowest BCUT2D eigenvalue weighted by Crippen LogP contribution is -2.14. The van der Waals surface area contributed by atoms with Crippen molar-refractivity contribution < 1.29 is 4.42 Å². The highest BCUT2D eigenvalue weighted by molar-refractivity contribution is 6.16. The molecule has 0 atom stereocenters. The SMILES string of the molecule is CC1(C)c2ccccc2-c2c1ccc1c3ccccc3n(-c3ccc(-c4nc(-c5ccccc5)nc(-c5cccc6oc7ccccc7c56)n4)cc3)c21. The monoisotopic (exact) mass is 680 g/mol. The summed E-state index contributed by atoms with van der Waals surface area (Å²) in [5.74, 6) is 1.84. The molecular formula is C48H32N4O. The van der Waals surface area contributed by atoms with Crippen molar-refractivity contribution in [1.82, 2.24) is 19.5 Å². The summed E-state index contributed by atoms with van der Waals surface area (Å²) in [6, 6.07) is 55.3. The van der Waals surface area contributed by atoms with Gasteiger partial charge in [-0.25, -0.2) is 15.0 Å². The minimum absolute atomic E-state index is 0.0921. The van der Waals surface area contributed by atoms with E-state index in [9.17, 15) is 0 Å². The van der Waals surface area contributed by atoms with E-state index >= 15 is 0 Å². The van der Waals surface area contributed by atoms with E-state index in [0.29, 0.717) is 17.5 Å². The molecule has 10 aromatic rings. The van der Waals surface area contributed by atoms with Crippen LogP contribution in [0.1, 0.15) is 25.0 Å². The molecule has 5 heteroatoms. The van der Waals surface area contributed by atoms with Crippen LogP contribution in [0.4, 0.5) is 0 Å². The van der Waals surface area contributed by atoms with Crippen molar-refractivity contribution >= 4 is 43.7 Å². The standard InChI is InChI=1S/C48H32N4O/c1-48(2)37-19-9-6-16-34(37)43-38(48)28-27-33-32-15-7-10-20-39(32)52(44(33)43)31-25-23-30(24-26-31)46-49-45(29-13-4-3-5-14-29)50-47(51-46)36-18-12-22-41-42(36)35-17-8-11-21-40(35)53-41/h3-28H,1-2H3. The molecule has 0 amide bonds. The van der Waals surface area contributed by atoms with Gasteiger partial charge in [0.1, 0.15) is 11.2 Å². The third-order valence-corrected chi connectivity index (χ3v) is 11.1. The second-order valence-corrected chi connectivity index (χ2v) is 14.4. The van der Waals surface area contributed by atoms with E-state index in [1.807, 2.05) is 60.7 Å². The van der Waals surface area contributed by atoms with E-state index < -0.39 is 0 Å². The van der Waals surface area contributed by atoms with E-state index in [1.165, 1.54) is 44.1 Å². The van der Waals surface area contributed by atoms with E-state index in [0.717, 1.165) is 44.3 Å². The fraction of sp³-hybridized carbons (Fsp3) is 0.0625. The van der Waals surface area contributed by atoms with Crippen molar-refractivity contribution in [2.24, 2.45) is 0 Å². The quantitative estimate of drug-likeness (QED) is 0.186. The highest BCUT2D eigenvalue weighted by Crippen LogP contribution is 2.52. The van der Waals surface area contributed by atoms with Crippen LogP contribution in [0.25, 0.3) is 94.7 Å². The van der Waals surface area contributed by atoms with E-state index in [1.54, 1.807) is 0 Å². The number of nitrogens with zero attached hydrogens (tertiary/aromatic N) is 4. The average molecular weight is 681 g/mol. The number of furan rings is 1.